The highest BCUT2D eigenvalue weighted by Crippen LogP contribution is 2.35. The van der Waals surface area contributed by atoms with Gasteiger partial charge in [-0.05, 0) is 58.7 Å². The van der Waals surface area contributed by atoms with Crippen LogP contribution >= 0.6 is 0 Å². The maximum absolute atomic E-state index is 13.7. The van der Waals surface area contributed by atoms with Gasteiger partial charge in [0.05, 0.1) is 19.1 Å². The number of halogens is 1. The van der Waals surface area contributed by atoms with Crippen molar-refractivity contribution in [3.05, 3.63) is 29.6 Å². The van der Waals surface area contributed by atoms with Crippen molar-refractivity contribution in [3.8, 4) is 5.75 Å². The van der Waals surface area contributed by atoms with Crippen LogP contribution in [0.25, 0.3) is 0 Å². The van der Waals surface area contributed by atoms with E-state index < -0.39 is 16.1 Å². The molecule has 0 radical (unpaired) electrons. The first kappa shape index (κ1) is 20.0. The minimum Gasteiger partial charge on any atom is -0.598 e. The SMILES string of the molecule is COC(=O)C1CC(Oc2ccc(F)cc2[C@H](C)N[S@+]([O-])C(C)(C)C)C1. The Labute approximate surface area is 151 Å². The lowest BCUT2D eigenvalue weighted by Gasteiger charge is -2.34. The molecule has 0 saturated heterocycles. The van der Waals surface area contributed by atoms with E-state index in [4.69, 9.17) is 9.47 Å². The van der Waals surface area contributed by atoms with Crippen LogP contribution in [0.4, 0.5) is 4.39 Å². The molecule has 0 unspecified atom stereocenters. The molecular formula is C18H26FNO4S. The molecule has 0 bridgehead atoms. The summed E-state index contributed by atoms with van der Waals surface area (Å²) in [6, 6.07) is 3.96. The summed E-state index contributed by atoms with van der Waals surface area (Å²) in [4.78, 5) is 11.5. The minimum absolute atomic E-state index is 0.103. The van der Waals surface area contributed by atoms with Crippen molar-refractivity contribution >= 4 is 17.3 Å². The van der Waals surface area contributed by atoms with Crippen LogP contribution in [-0.4, -0.2) is 28.5 Å². The lowest BCUT2D eigenvalue weighted by atomic mass is 9.82. The lowest BCUT2D eigenvalue weighted by Crippen LogP contribution is -2.41. The van der Waals surface area contributed by atoms with Crippen molar-refractivity contribution in [2.75, 3.05) is 7.11 Å². The van der Waals surface area contributed by atoms with Gasteiger partial charge in [0.2, 0.25) is 0 Å². The smallest absolute Gasteiger partial charge is 0.308 e. The van der Waals surface area contributed by atoms with Gasteiger partial charge in [-0.25, -0.2) is 4.39 Å². The van der Waals surface area contributed by atoms with Crippen molar-refractivity contribution < 1.29 is 23.2 Å². The van der Waals surface area contributed by atoms with Gasteiger partial charge in [-0.1, -0.05) is 0 Å². The summed E-state index contributed by atoms with van der Waals surface area (Å²) in [7, 11) is 1.37. The zero-order valence-corrected chi connectivity index (χ0v) is 16.1. The van der Waals surface area contributed by atoms with E-state index in [0.29, 0.717) is 24.2 Å². The molecule has 25 heavy (non-hydrogen) atoms. The molecule has 0 heterocycles. The fraction of sp³-hybridized carbons (Fsp3) is 0.611. The molecule has 0 aromatic heterocycles. The molecule has 1 aliphatic rings. The van der Waals surface area contributed by atoms with Crippen LogP contribution in [0.3, 0.4) is 0 Å². The van der Waals surface area contributed by atoms with Gasteiger partial charge in [-0.15, -0.1) is 4.72 Å². The van der Waals surface area contributed by atoms with E-state index >= 15 is 0 Å². The van der Waals surface area contributed by atoms with Crippen molar-refractivity contribution in [2.45, 2.75) is 57.4 Å². The number of hydrogen-bond donors (Lipinski definition) is 1. The normalized spacial score (nSPS) is 22.7. The van der Waals surface area contributed by atoms with Crippen molar-refractivity contribution in [2.24, 2.45) is 5.92 Å². The van der Waals surface area contributed by atoms with Crippen LogP contribution in [0, 0.1) is 11.7 Å². The molecule has 1 N–H and O–H groups in total. The molecule has 0 spiro atoms. The molecule has 1 saturated carbocycles. The van der Waals surface area contributed by atoms with Crippen LogP contribution in [0.5, 0.6) is 5.75 Å². The van der Waals surface area contributed by atoms with Crippen molar-refractivity contribution in [1.82, 2.24) is 4.72 Å². The zero-order chi connectivity index (χ0) is 18.8. The molecule has 0 aliphatic heterocycles. The summed E-state index contributed by atoms with van der Waals surface area (Å²) in [5.74, 6) is -0.197. The first-order chi connectivity index (χ1) is 11.6. The predicted molar refractivity (Wildman–Crippen MR) is 95.0 cm³/mol. The van der Waals surface area contributed by atoms with Gasteiger partial charge in [0, 0.05) is 16.9 Å². The number of carbonyl (C=O) groups is 1. The fourth-order valence-corrected chi connectivity index (χ4v) is 3.37. The summed E-state index contributed by atoms with van der Waals surface area (Å²) >= 11 is -1.29. The Morgan fingerprint density at radius 1 is 1.40 bits per heavy atom. The Kier molecular flexibility index (Phi) is 6.35. The van der Waals surface area contributed by atoms with Crippen molar-refractivity contribution in [1.29, 1.82) is 0 Å². The van der Waals surface area contributed by atoms with E-state index in [9.17, 15) is 13.7 Å². The summed E-state index contributed by atoms with van der Waals surface area (Å²) in [5, 5.41) is 0. The number of esters is 1. The van der Waals surface area contributed by atoms with Gasteiger partial charge in [-0.2, -0.15) is 0 Å². The second-order valence-electron chi connectivity index (χ2n) is 7.33. The highest BCUT2D eigenvalue weighted by atomic mass is 32.2. The lowest BCUT2D eigenvalue weighted by molar-refractivity contribution is -0.151. The molecule has 2 atom stereocenters. The largest absolute Gasteiger partial charge is 0.598 e. The maximum atomic E-state index is 13.7. The summed E-state index contributed by atoms with van der Waals surface area (Å²) in [5.41, 5.74) is 0.610. The van der Waals surface area contributed by atoms with Crippen LogP contribution in [0.1, 0.15) is 52.1 Å². The highest BCUT2D eigenvalue weighted by Gasteiger charge is 2.37. The van der Waals surface area contributed by atoms with Gasteiger partial charge < -0.3 is 14.0 Å². The van der Waals surface area contributed by atoms with Gasteiger partial charge in [0.15, 0.2) is 0 Å². The van der Waals surface area contributed by atoms with Crippen LogP contribution < -0.4 is 9.46 Å². The number of carbonyl (C=O) groups excluding carboxylic acids is 1. The molecule has 7 heteroatoms. The van der Waals surface area contributed by atoms with E-state index in [0.717, 1.165) is 0 Å². The number of benzene rings is 1. The molecular weight excluding hydrogens is 345 g/mol. The number of nitrogens with one attached hydrogen (secondary N) is 1. The van der Waals surface area contributed by atoms with Crippen LogP contribution in [0.15, 0.2) is 18.2 Å². The van der Waals surface area contributed by atoms with Gasteiger partial charge in [0.1, 0.15) is 22.4 Å². The van der Waals surface area contributed by atoms with E-state index in [1.165, 1.54) is 19.2 Å². The molecule has 140 valence electrons. The Balaban J connectivity index is 2.06. The molecule has 1 fully saturated rings. The average molecular weight is 371 g/mol. The number of hydrogen-bond acceptors (Lipinski definition) is 5. The topological polar surface area (TPSA) is 70.6 Å². The van der Waals surface area contributed by atoms with Gasteiger partial charge in [0.25, 0.3) is 0 Å². The quantitative estimate of drug-likeness (QED) is 0.614. The zero-order valence-electron chi connectivity index (χ0n) is 15.3. The molecule has 1 aromatic rings. The van der Waals surface area contributed by atoms with E-state index in [-0.39, 0.29) is 29.9 Å². The van der Waals surface area contributed by atoms with E-state index in [1.54, 1.807) is 6.07 Å². The molecule has 5 nitrogen and oxygen atoms in total. The fourth-order valence-electron chi connectivity index (χ4n) is 2.57. The summed E-state index contributed by atoms with van der Waals surface area (Å²) < 4.78 is 39.2. The second-order valence-corrected chi connectivity index (χ2v) is 9.33. The highest BCUT2D eigenvalue weighted by molar-refractivity contribution is 7.90. The molecule has 1 aromatic carbocycles. The van der Waals surface area contributed by atoms with Crippen LogP contribution in [0.2, 0.25) is 0 Å². The van der Waals surface area contributed by atoms with E-state index in [1.807, 2.05) is 27.7 Å². The number of rotatable bonds is 6. The van der Waals surface area contributed by atoms with Gasteiger partial charge >= 0.3 is 5.97 Å². The first-order valence-corrected chi connectivity index (χ1v) is 9.48. The van der Waals surface area contributed by atoms with E-state index in [2.05, 4.69) is 4.72 Å². The Hall–Kier alpha value is -1.31. The minimum atomic E-state index is -1.29. The second kappa shape index (κ2) is 7.93. The van der Waals surface area contributed by atoms with Gasteiger partial charge in [-0.3, -0.25) is 4.79 Å². The standard InChI is InChI=1S/C18H26FNO4S/c1-11(20-25(22)18(2,3)4)15-10-13(19)6-7-16(15)24-14-8-12(9-14)17(21)23-5/h6-7,10-12,14,20H,8-9H2,1-5H3/t11-,12?,14?,25+/m0/s1. The Bertz CT molecular complexity index is 614. The molecule has 1 aliphatic carbocycles. The first-order valence-electron chi connectivity index (χ1n) is 8.33. The van der Waals surface area contributed by atoms with Crippen molar-refractivity contribution in [3.63, 3.8) is 0 Å². The predicted octanol–water partition coefficient (Wildman–Crippen LogP) is 3.27. The Morgan fingerprint density at radius 3 is 2.60 bits per heavy atom. The third-order valence-corrected chi connectivity index (χ3v) is 5.88. The Morgan fingerprint density at radius 2 is 2.04 bits per heavy atom. The summed E-state index contributed by atoms with van der Waals surface area (Å²) in [6.07, 6.45) is 1.06. The molecule has 2 rings (SSSR count). The number of ether oxygens (including phenoxy) is 2. The number of methoxy groups -OCH3 is 1. The average Bonchev–Trinajstić information content (AvgIpc) is 2.49. The molecule has 0 amide bonds. The monoisotopic (exact) mass is 371 g/mol. The van der Waals surface area contributed by atoms with Crippen LogP contribution in [-0.2, 0) is 20.9 Å². The third-order valence-electron chi connectivity index (χ3n) is 4.20. The maximum Gasteiger partial charge on any atom is 0.308 e. The summed E-state index contributed by atoms with van der Waals surface area (Å²) in [6.45, 7) is 7.43. The third kappa shape index (κ3) is 5.09.